The molecule has 2 rings (SSSR count). The summed E-state index contributed by atoms with van der Waals surface area (Å²) in [6.07, 6.45) is 1.48. The van der Waals surface area contributed by atoms with Crippen molar-refractivity contribution in [3.63, 3.8) is 0 Å². The van der Waals surface area contributed by atoms with E-state index in [1.54, 1.807) is 0 Å². The molecule has 0 atom stereocenters. The Balaban J connectivity index is 0. The summed E-state index contributed by atoms with van der Waals surface area (Å²) in [4.78, 5) is 4.98. The van der Waals surface area contributed by atoms with Gasteiger partial charge in [0.25, 0.3) is 0 Å². The zero-order valence-electron chi connectivity index (χ0n) is 9.72. The first-order valence-corrected chi connectivity index (χ1v) is 5.02. The Bertz CT molecular complexity index is 181. The van der Waals surface area contributed by atoms with Crippen molar-refractivity contribution in [2.45, 2.75) is 6.42 Å². The van der Waals surface area contributed by atoms with Crippen LogP contribution in [-0.2, 0) is 25.8 Å². The van der Waals surface area contributed by atoms with Crippen LogP contribution in [0.4, 0.5) is 0 Å². The van der Waals surface area contributed by atoms with Gasteiger partial charge in [0.1, 0.15) is 0 Å². The predicted molar refractivity (Wildman–Crippen MR) is 54.5 cm³/mol. The van der Waals surface area contributed by atoms with Crippen molar-refractivity contribution in [2.24, 2.45) is 11.8 Å². The molecule has 0 amide bonds. The fourth-order valence-corrected chi connectivity index (χ4v) is 2.80. The van der Waals surface area contributed by atoms with Crippen molar-refractivity contribution in [3.05, 3.63) is 13.3 Å². The molecule has 2 aliphatic heterocycles. The molecule has 2 aliphatic rings. The molecule has 4 nitrogen and oxygen atoms in total. The Hall–Kier alpha value is -0.106. The van der Waals surface area contributed by atoms with Gasteiger partial charge in [-0.2, -0.15) is 0 Å². The first-order chi connectivity index (χ1) is 7.24. The second-order valence-corrected chi connectivity index (χ2v) is 4.41. The molecule has 0 unspecified atom stereocenters. The molecule has 16 heavy (non-hydrogen) atoms. The summed E-state index contributed by atoms with van der Waals surface area (Å²) in [6.45, 7) is 14.3. The first kappa shape index (κ1) is 18.3. The number of fused-ring (bicyclic) bond motifs is 2. The maximum Gasteiger partial charge on any atom is 2.00 e. The SMILES string of the molecule is CN1CC2CC(C1)CN(C)C2.[C-]#[O+].[C-]#[O+].[Ni+2]. The molecule has 0 radical (unpaired) electrons. The van der Waals surface area contributed by atoms with Gasteiger partial charge in [-0.15, -0.1) is 0 Å². The third kappa shape index (κ3) is 5.84. The fourth-order valence-electron chi connectivity index (χ4n) is 2.80. The molecule has 0 aromatic heterocycles. The zero-order chi connectivity index (χ0) is 11.8. The summed E-state index contributed by atoms with van der Waals surface area (Å²) >= 11 is 0. The molecule has 0 aromatic carbocycles. The second-order valence-electron chi connectivity index (χ2n) is 4.41. The van der Waals surface area contributed by atoms with Crippen LogP contribution in [0.25, 0.3) is 0 Å². The van der Waals surface area contributed by atoms with E-state index in [0.717, 1.165) is 11.8 Å². The molecule has 2 heterocycles. The minimum Gasteiger partial charge on any atom is 2.00 e. The van der Waals surface area contributed by atoms with Crippen LogP contribution < -0.4 is 0 Å². The van der Waals surface area contributed by atoms with Crippen LogP contribution in [0.3, 0.4) is 0 Å². The van der Waals surface area contributed by atoms with E-state index in [2.05, 4.69) is 37.2 Å². The summed E-state index contributed by atoms with van der Waals surface area (Å²) in [5.74, 6) is 1.91. The minimum atomic E-state index is 0. The van der Waals surface area contributed by atoms with Crippen LogP contribution in [0.15, 0.2) is 0 Å². The van der Waals surface area contributed by atoms with Gasteiger partial charge >= 0.3 is 39.1 Å². The largest absolute Gasteiger partial charge is 2.00 e. The van der Waals surface area contributed by atoms with Gasteiger partial charge in [-0.3, -0.25) is 0 Å². The van der Waals surface area contributed by atoms with E-state index in [-0.39, 0.29) is 16.5 Å². The Morgan fingerprint density at radius 3 is 1.31 bits per heavy atom. The average molecular weight is 269 g/mol. The van der Waals surface area contributed by atoms with Crippen molar-refractivity contribution >= 4 is 0 Å². The van der Waals surface area contributed by atoms with Gasteiger partial charge < -0.3 is 9.80 Å². The smallest absolute Gasteiger partial charge is 2.00 e. The molecule has 0 aromatic rings. The normalized spacial score (nSPS) is 28.4. The third-order valence-corrected chi connectivity index (χ3v) is 2.95. The van der Waals surface area contributed by atoms with Crippen LogP contribution in [-0.4, -0.2) is 50.1 Å². The number of piperidine rings is 2. The molecule has 0 spiro atoms. The Morgan fingerprint density at radius 1 is 0.812 bits per heavy atom. The summed E-state index contributed by atoms with van der Waals surface area (Å²) in [5, 5.41) is 0. The zero-order valence-corrected chi connectivity index (χ0v) is 10.7. The summed E-state index contributed by atoms with van der Waals surface area (Å²) < 4.78 is 15.0. The number of nitrogens with zero attached hydrogens (tertiary/aromatic N) is 2. The van der Waals surface area contributed by atoms with Gasteiger partial charge in [-0.25, -0.2) is 0 Å². The van der Waals surface area contributed by atoms with Gasteiger partial charge in [0.15, 0.2) is 0 Å². The monoisotopic (exact) mass is 268 g/mol. The molecular formula is C11H18N2NiO2+2. The molecule has 0 aliphatic carbocycles. The average Bonchev–Trinajstić information content (AvgIpc) is 2.21. The van der Waals surface area contributed by atoms with Gasteiger partial charge in [-0.05, 0) is 32.4 Å². The molecule has 2 fully saturated rings. The van der Waals surface area contributed by atoms with Crippen molar-refractivity contribution in [2.75, 3.05) is 40.3 Å². The van der Waals surface area contributed by atoms with E-state index in [9.17, 15) is 0 Å². The Labute approximate surface area is 108 Å². The maximum atomic E-state index is 7.50. The van der Waals surface area contributed by atoms with E-state index >= 15 is 0 Å². The second kappa shape index (κ2) is 10.1. The summed E-state index contributed by atoms with van der Waals surface area (Å²) in [6, 6.07) is 0. The van der Waals surface area contributed by atoms with Crippen molar-refractivity contribution < 1.29 is 25.8 Å². The molecule has 2 bridgehead atoms. The number of rotatable bonds is 0. The van der Waals surface area contributed by atoms with E-state index in [0.29, 0.717) is 0 Å². The third-order valence-electron chi connectivity index (χ3n) is 2.95. The van der Waals surface area contributed by atoms with Crippen molar-refractivity contribution in [3.8, 4) is 0 Å². The maximum absolute atomic E-state index is 7.50. The van der Waals surface area contributed by atoms with E-state index < -0.39 is 0 Å². The van der Waals surface area contributed by atoms with E-state index in [1.165, 1.54) is 32.6 Å². The number of hydrogen-bond acceptors (Lipinski definition) is 2. The Kier molecular flexibility index (Phi) is 11.5. The quantitative estimate of drug-likeness (QED) is 0.363. The minimum absolute atomic E-state index is 0. The molecule has 92 valence electrons. The standard InChI is InChI=1S/C9H18N2.2CO.Ni/c1-10-4-8-3-9(5-10)7-11(2)6-8;2*1-2;/h8-9H,3-7H2,1-2H3;;;/q;;;+2. The Morgan fingerprint density at radius 2 is 1.06 bits per heavy atom. The van der Waals surface area contributed by atoms with Crippen LogP contribution in [0.1, 0.15) is 6.42 Å². The van der Waals surface area contributed by atoms with E-state index in [4.69, 9.17) is 9.30 Å². The van der Waals surface area contributed by atoms with Crippen LogP contribution in [0, 0.1) is 25.1 Å². The fraction of sp³-hybridized carbons (Fsp3) is 0.818. The number of likely N-dealkylation sites (tertiary alicyclic amines) is 2. The van der Waals surface area contributed by atoms with Gasteiger partial charge in [0, 0.05) is 26.2 Å². The first-order valence-electron chi connectivity index (χ1n) is 5.02. The summed E-state index contributed by atoms with van der Waals surface area (Å²) in [5.41, 5.74) is 0. The molecule has 5 heteroatoms. The van der Waals surface area contributed by atoms with Crippen LogP contribution >= 0.6 is 0 Å². The summed E-state index contributed by atoms with van der Waals surface area (Å²) in [7, 11) is 4.51. The molecular weight excluding hydrogens is 251 g/mol. The predicted octanol–water partition coefficient (Wildman–Crippen LogP) is 0.422. The van der Waals surface area contributed by atoms with Gasteiger partial charge in [0.2, 0.25) is 0 Å². The topological polar surface area (TPSA) is 46.3 Å². The van der Waals surface area contributed by atoms with E-state index in [1.807, 2.05) is 0 Å². The van der Waals surface area contributed by atoms with Crippen LogP contribution in [0.2, 0.25) is 0 Å². The number of hydrogen-bond donors (Lipinski definition) is 0. The van der Waals surface area contributed by atoms with Gasteiger partial charge in [-0.1, -0.05) is 0 Å². The molecule has 2 saturated heterocycles. The molecule has 0 saturated carbocycles. The van der Waals surface area contributed by atoms with Gasteiger partial charge in [0.05, 0.1) is 0 Å². The van der Waals surface area contributed by atoms with Crippen molar-refractivity contribution in [1.29, 1.82) is 0 Å². The molecule has 0 N–H and O–H groups in total. The van der Waals surface area contributed by atoms with Crippen LogP contribution in [0.5, 0.6) is 0 Å². The van der Waals surface area contributed by atoms with Crippen molar-refractivity contribution in [1.82, 2.24) is 9.80 Å².